The number of hydrogen-bond acceptors (Lipinski definition) is 3. The molecule has 5 nitrogen and oxygen atoms in total. The molecule has 0 heterocycles. The number of nitrogens with zero attached hydrogens (tertiary/aromatic N) is 1. The summed E-state index contributed by atoms with van der Waals surface area (Å²) in [4.78, 5) is 26.1. The Morgan fingerprint density at radius 1 is 1.12 bits per heavy atom. The summed E-state index contributed by atoms with van der Waals surface area (Å²) in [7, 11) is 3.49. The molecule has 2 N–H and O–H groups in total. The summed E-state index contributed by atoms with van der Waals surface area (Å²) in [5.74, 6) is 0.0624. The smallest absolute Gasteiger partial charge is 0.243 e. The Hall–Kier alpha value is -1.88. The first kappa shape index (κ1) is 18.5. The lowest BCUT2D eigenvalue weighted by atomic mass is 9.95. The van der Waals surface area contributed by atoms with Gasteiger partial charge >= 0.3 is 0 Å². The van der Waals surface area contributed by atoms with Gasteiger partial charge in [0.2, 0.25) is 11.8 Å². The van der Waals surface area contributed by atoms with E-state index < -0.39 is 6.04 Å². The number of carbonyl (C=O) groups excluding carboxylic acids is 2. The van der Waals surface area contributed by atoms with Crippen LogP contribution in [0, 0.1) is 0 Å². The summed E-state index contributed by atoms with van der Waals surface area (Å²) in [6.45, 7) is 0.484. The van der Waals surface area contributed by atoms with Crippen LogP contribution in [0.2, 0.25) is 0 Å². The van der Waals surface area contributed by atoms with Crippen LogP contribution in [0.1, 0.15) is 50.1 Å². The third kappa shape index (κ3) is 5.64. The van der Waals surface area contributed by atoms with E-state index in [2.05, 4.69) is 10.6 Å². The van der Waals surface area contributed by atoms with Gasteiger partial charge < -0.3 is 15.5 Å². The van der Waals surface area contributed by atoms with Crippen molar-refractivity contribution < 1.29 is 9.59 Å². The molecule has 1 unspecified atom stereocenters. The Morgan fingerprint density at radius 2 is 1.79 bits per heavy atom. The minimum absolute atomic E-state index is 0.00566. The highest BCUT2D eigenvalue weighted by molar-refractivity contribution is 5.83. The fourth-order valence-electron chi connectivity index (χ4n) is 3.13. The van der Waals surface area contributed by atoms with Crippen molar-refractivity contribution in [3.63, 3.8) is 0 Å². The van der Waals surface area contributed by atoms with Crippen LogP contribution >= 0.6 is 0 Å². The predicted molar refractivity (Wildman–Crippen MR) is 95.5 cm³/mol. The minimum Gasteiger partial charge on any atom is -0.353 e. The van der Waals surface area contributed by atoms with Gasteiger partial charge in [0, 0.05) is 33.1 Å². The molecule has 132 valence electrons. The Morgan fingerprint density at radius 3 is 2.42 bits per heavy atom. The molecule has 1 atom stereocenters. The average Bonchev–Trinajstić information content (AvgIpc) is 2.60. The van der Waals surface area contributed by atoms with E-state index in [-0.39, 0.29) is 11.8 Å². The summed E-state index contributed by atoms with van der Waals surface area (Å²) in [5.41, 5.74) is 0.920. The van der Waals surface area contributed by atoms with E-state index in [4.69, 9.17) is 0 Å². The normalized spacial score (nSPS) is 16.4. The van der Waals surface area contributed by atoms with Gasteiger partial charge in [-0.1, -0.05) is 49.6 Å². The molecule has 1 fully saturated rings. The molecule has 0 spiro atoms. The number of carbonyl (C=O) groups is 2. The second kappa shape index (κ2) is 9.42. The summed E-state index contributed by atoms with van der Waals surface area (Å²) < 4.78 is 0. The molecular weight excluding hydrogens is 302 g/mol. The zero-order valence-corrected chi connectivity index (χ0v) is 14.8. The highest BCUT2D eigenvalue weighted by Gasteiger charge is 2.22. The third-order valence-electron chi connectivity index (χ3n) is 4.49. The first-order valence-corrected chi connectivity index (χ1v) is 8.87. The van der Waals surface area contributed by atoms with Crippen molar-refractivity contribution in [2.75, 3.05) is 20.6 Å². The molecular formula is C19H29N3O2. The van der Waals surface area contributed by atoms with Crippen molar-refractivity contribution in [2.45, 2.75) is 50.6 Å². The fourth-order valence-corrected chi connectivity index (χ4v) is 3.13. The SMILES string of the molecule is CN(C)C(=O)C(NCCC(=O)NC1CCCCC1)c1ccccc1. The molecule has 0 aromatic heterocycles. The Bertz CT molecular complexity index is 525. The van der Waals surface area contributed by atoms with Gasteiger partial charge in [0.15, 0.2) is 0 Å². The highest BCUT2D eigenvalue weighted by Crippen LogP contribution is 2.17. The lowest BCUT2D eigenvalue weighted by Gasteiger charge is -2.24. The third-order valence-corrected chi connectivity index (χ3v) is 4.49. The summed E-state index contributed by atoms with van der Waals surface area (Å²) in [5, 5.41) is 6.34. The molecule has 2 amide bonds. The lowest BCUT2D eigenvalue weighted by molar-refractivity contribution is -0.131. The lowest BCUT2D eigenvalue weighted by Crippen LogP contribution is -2.40. The number of likely N-dealkylation sites (N-methyl/N-ethyl adjacent to an activating group) is 1. The quantitative estimate of drug-likeness (QED) is 0.805. The molecule has 1 aromatic carbocycles. The highest BCUT2D eigenvalue weighted by atomic mass is 16.2. The molecule has 2 rings (SSSR count). The molecule has 1 aliphatic carbocycles. The van der Waals surface area contributed by atoms with Gasteiger partial charge in [0.25, 0.3) is 0 Å². The molecule has 1 aliphatic rings. The van der Waals surface area contributed by atoms with Crippen molar-refractivity contribution >= 4 is 11.8 Å². The molecule has 0 aliphatic heterocycles. The van der Waals surface area contributed by atoms with Crippen LogP contribution in [0.15, 0.2) is 30.3 Å². The van der Waals surface area contributed by atoms with Crippen LogP contribution in [0.25, 0.3) is 0 Å². The second-order valence-corrected chi connectivity index (χ2v) is 6.68. The molecule has 0 bridgehead atoms. The van der Waals surface area contributed by atoms with Gasteiger partial charge in [0.1, 0.15) is 6.04 Å². The van der Waals surface area contributed by atoms with Crippen molar-refractivity contribution in [3.8, 4) is 0 Å². The van der Waals surface area contributed by atoms with Crippen LogP contribution in [0.5, 0.6) is 0 Å². The maximum Gasteiger partial charge on any atom is 0.243 e. The van der Waals surface area contributed by atoms with Gasteiger partial charge in [-0.15, -0.1) is 0 Å². The van der Waals surface area contributed by atoms with E-state index in [1.165, 1.54) is 19.3 Å². The first-order valence-electron chi connectivity index (χ1n) is 8.87. The topological polar surface area (TPSA) is 61.4 Å². The summed E-state index contributed by atoms with van der Waals surface area (Å²) in [6, 6.07) is 9.55. The Labute approximate surface area is 144 Å². The maximum atomic E-state index is 12.4. The zero-order valence-electron chi connectivity index (χ0n) is 14.8. The molecule has 24 heavy (non-hydrogen) atoms. The Kier molecular flexibility index (Phi) is 7.25. The number of hydrogen-bond donors (Lipinski definition) is 2. The van der Waals surface area contributed by atoms with E-state index in [9.17, 15) is 9.59 Å². The van der Waals surface area contributed by atoms with E-state index in [0.717, 1.165) is 18.4 Å². The fraction of sp³-hybridized carbons (Fsp3) is 0.579. The van der Waals surface area contributed by atoms with Crippen molar-refractivity contribution in [1.82, 2.24) is 15.5 Å². The van der Waals surface area contributed by atoms with E-state index in [1.807, 2.05) is 30.3 Å². The van der Waals surface area contributed by atoms with Crippen molar-refractivity contribution in [1.29, 1.82) is 0 Å². The first-order chi connectivity index (χ1) is 11.6. The molecule has 0 radical (unpaired) electrons. The molecule has 5 heteroatoms. The maximum absolute atomic E-state index is 12.4. The van der Waals surface area contributed by atoms with Gasteiger partial charge in [-0.3, -0.25) is 9.59 Å². The van der Waals surface area contributed by atoms with Crippen LogP contribution in [0.3, 0.4) is 0 Å². The van der Waals surface area contributed by atoms with Gasteiger partial charge in [-0.05, 0) is 18.4 Å². The van der Waals surface area contributed by atoms with E-state index in [1.54, 1.807) is 19.0 Å². The van der Waals surface area contributed by atoms with Gasteiger partial charge in [-0.25, -0.2) is 0 Å². The van der Waals surface area contributed by atoms with E-state index in [0.29, 0.717) is 19.0 Å². The van der Waals surface area contributed by atoms with E-state index >= 15 is 0 Å². The summed E-state index contributed by atoms with van der Waals surface area (Å²) >= 11 is 0. The number of nitrogens with one attached hydrogen (secondary N) is 2. The minimum atomic E-state index is -0.413. The van der Waals surface area contributed by atoms with Crippen LogP contribution < -0.4 is 10.6 Å². The van der Waals surface area contributed by atoms with Gasteiger partial charge in [-0.2, -0.15) is 0 Å². The van der Waals surface area contributed by atoms with Crippen molar-refractivity contribution in [3.05, 3.63) is 35.9 Å². The molecule has 0 saturated heterocycles. The van der Waals surface area contributed by atoms with Crippen LogP contribution in [-0.2, 0) is 9.59 Å². The summed E-state index contributed by atoms with van der Waals surface area (Å²) in [6.07, 6.45) is 6.25. The largest absolute Gasteiger partial charge is 0.353 e. The van der Waals surface area contributed by atoms with Gasteiger partial charge in [0.05, 0.1) is 0 Å². The van der Waals surface area contributed by atoms with Crippen LogP contribution in [0.4, 0.5) is 0 Å². The van der Waals surface area contributed by atoms with Crippen molar-refractivity contribution in [2.24, 2.45) is 0 Å². The molecule has 1 aromatic rings. The Balaban J connectivity index is 1.84. The standard InChI is InChI=1S/C19H29N3O2/c1-22(2)19(24)18(15-9-5-3-6-10-15)20-14-13-17(23)21-16-11-7-4-8-12-16/h3,5-6,9-10,16,18,20H,4,7-8,11-14H2,1-2H3,(H,21,23). The average molecular weight is 331 g/mol. The van der Waals surface area contributed by atoms with Crippen LogP contribution in [-0.4, -0.2) is 43.4 Å². The number of amides is 2. The number of rotatable bonds is 7. The monoisotopic (exact) mass is 331 g/mol. The molecule has 1 saturated carbocycles. The predicted octanol–water partition coefficient (Wildman–Crippen LogP) is 2.24. The second-order valence-electron chi connectivity index (χ2n) is 6.68. The zero-order chi connectivity index (χ0) is 17.4. The number of benzene rings is 1.